The van der Waals surface area contributed by atoms with Crippen LogP contribution >= 0.6 is 0 Å². The van der Waals surface area contributed by atoms with Crippen molar-refractivity contribution in [3.63, 3.8) is 0 Å². The van der Waals surface area contributed by atoms with Crippen LogP contribution < -0.4 is 5.32 Å². The van der Waals surface area contributed by atoms with Gasteiger partial charge in [0, 0.05) is 24.6 Å². The molecular weight excluding hydrogens is 384 g/mol. The molecule has 0 atom stereocenters. The summed E-state index contributed by atoms with van der Waals surface area (Å²) in [6.07, 6.45) is 7.11. The fourth-order valence-corrected chi connectivity index (χ4v) is 7.09. The summed E-state index contributed by atoms with van der Waals surface area (Å²) in [4.78, 5) is 13.3. The second-order valence-electron chi connectivity index (χ2n) is 9.92. The van der Waals surface area contributed by atoms with Crippen LogP contribution in [0.5, 0.6) is 0 Å². The van der Waals surface area contributed by atoms with Crippen molar-refractivity contribution in [2.24, 2.45) is 23.7 Å². The summed E-state index contributed by atoms with van der Waals surface area (Å²) in [6, 6.07) is 18.4. The molecule has 0 radical (unpaired) electrons. The largest absolute Gasteiger partial charge is 0.378 e. The van der Waals surface area contributed by atoms with Gasteiger partial charge in [-0.25, -0.2) is 0 Å². The van der Waals surface area contributed by atoms with E-state index >= 15 is 0 Å². The third-order valence-corrected chi connectivity index (χ3v) is 8.17. The maximum absolute atomic E-state index is 13.3. The molecule has 0 saturated heterocycles. The first-order valence-corrected chi connectivity index (χ1v) is 11.6. The van der Waals surface area contributed by atoms with Crippen LogP contribution in [-0.2, 0) is 14.9 Å². The smallest absolute Gasteiger partial charge is 0.225 e. The molecular formula is C27H32N2O2. The Morgan fingerprint density at radius 1 is 0.968 bits per heavy atom. The third-order valence-electron chi connectivity index (χ3n) is 8.17. The highest BCUT2D eigenvalue weighted by Crippen LogP contribution is 2.64. The standard InChI is InChI=1S/C27H32N2O2/c1-31-17-25(28)20-7-9-24(10-8-20)29-26(30)16-27(21-5-3-2-4-6-21)22-12-18-11-19(14-22)15-23(27)13-18/h2-10,18-19,22-23,28H,11-17H2,1H3,(H,29,30). The minimum atomic E-state index is -0.0285. The van der Waals surface area contributed by atoms with Gasteiger partial charge in [-0.15, -0.1) is 0 Å². The van der Waals surface area contributed by atoms with E-state index in [1.807, 2.05) is 24.3 Å². The Labute approximate surface area is 184 Å². The topological polar surface area (TPSA) is 62.2 Å². The number of anilines is 1. The number of amides is 1. The third kappa shape index (κ3) is 3.71. The highest BCUT2D eigenvalue weighted by atomic mass is 16.5. The highest BCUT2D eigenvalue weighted by molar-refractivity contribution is 6.00. The van der Waals surface area contributed by atoms with Crippen LogP contribution in [0.2, 0.25) is 0 Å². The van der Waals surface area contributed by atoms with E-state index in [9.17, 15) is 4.79 Å². The molecule has 0 aliphatic heterocycles. The van der Waals surface area contributed by atoms with Gasteiger partial charge in [0.1, 0.15) is 0 Å². The molecule has 4 saturated carbocycles. The molecule has 0 unspecified atom stereocenters. The average Bonchev–Trinajstić information content (AvgIpc) is 2.77. The Balaban J connectivity index is 1.37. The Morgan fingerprint density at radius 3 is 2.16 bits per heavy atom. The van der Waals surface area contributed by atoms with E-state index in [0.717, 1.165) is 23.1 Å². The van der Waals surface area contributed by atoms with Crippen LogP contribution in [-0.4, -0.2) is 25.3 Å². The lowest BCUT2D eigenvalue weighted by atomic mass is 9.43. The molecule has 0 aromatic heterocycles. The fourth-order valence-electron chi connectivity index (χ4n) is 7.09. The summed E-state index contributed by atoms with van der Waals surface area (Å²) in [7, 11) is 1.59. The molecule has 4 fully saturated rings. The van der Waals surface area contributed by atoms with Gasteiger partial charge in [-0.2, -0.15) is 0 Å². The molecule has 4 aliphatic carbocycles. The molecule has 0 heterocycles. The predicted octanol–water partition coefficient (Wildman–Crippen LogP) is 5.42. The summed E-state index contributed by atoms with van der Waals surface area (Å²) in [5.41, 5.74) is 3.39. The molecule has 2 aromatic carbocycles. The molecule has 2 aromatic rings. The second-order valence-corrected chi connectivity index (χ2v) is 9.92. The summed E-state index contributed by atoms with van der Waals surface area (Å²) in [5, 5.41) is 11.2. The SMILES string of the molecule is COCC(=N)c1ccc(NC(=O)CC2(c3ccccc3)C3CC4CC(C3)CC2C4)cc1. The van der Waals surface area contributed by atoms with Crippen molar-refractivity contribution in [2.45, 2.75) is 43.9 Å². The molecule has 0 spiro atoms. The van der Waals surface area contributed by atoms with E-state index in [1.165, 1.54) is 37.7 Å². The normalized spacial score (nSPS) is 30.9. The molecule has 4 nitrogen and oxygen atoms in total. The summed E-state index contributed by atoms with van der Waals surface area (Å²) in [5.74, 6) is 3.09. The molecule has 2 N–H and O–H groups in total. The van der Waals surface area contributed by atoms with Crippen molar-refractivity contribution in [1.82, 2.24) is 0 Å². The van der Waals surface area contributed by atoms with Gasteiger partial charge >= 0.3 is 0 Å². The number of rotatable bonds is 7. The van der Waals surface area contributed by atoms with Crippen LogP contribution in [0, 0.1) is 29.1 Å². The van der Waals surface area contributed by atoms with Crippen molar-refractivity contribution in [2.75, 3.05) is 19.0 Å². The zero-order valence-corrected chi connectivity index (χ0v) is 18.3. The first-order valence-electron chi connectivity index (χ1n) is 11.6. The molecule has 4 bridgehead atoms. The van der Waals surface area contributed by atoms with E-state index in [-0.39, 0.29) is 17.9 Å². The van der Waals surface area contributed by atoms with E-state index < -0.39 is 0 Å². The van der Waals surface area contributed by atoms with Crippen molar-refractivity contribution in [1.29, 1.82) is 5.41 Å². The first kappa shape index (κ1) is 20.4. The van der Waals surface area contributed by atoms with Gasteiger partial charge in [-0.05, 0) is 79.0 Å². The molecule has 162 valence electrons. The van der Waals surface area contributed by atoms with Crippen LogP contribution in [0.25, 0.3) is 0 Å². The number of ether oxygens (including phenoxy) is 1. The Bertz CT molecular complexity index is 923. The van der Waals surface area contributed by atoms with Crippen LogP contribution in [0.4, 0.5) is 5.69 Å². The maximum atomic E-state index is 13.3. The second kappa shape index (κ2) is 8.23. The monoisotopic (exact) mass is 416 g/mol. The van der Waals surface area contributed by atoms with Gasteiger partial charge in [0.25, 0.3) is 0 Å². The minimum absolute atomic E-state index is 0.0285. The number of methoxy groups -OCH3 is 1. The lowest BCUT2D eigenvalue weighted by Crippen LogP contribution is -2.56. The molecule has 1 amide bonds. The predicted molar refractivity (Wildman–Crippen MR) is 124 cm³/mol. The number of benzene rings is 2. The van der Waals surface area contributed by atoms with Gasteiger partial charge < -0.3 is 15.5 Å². The lowest BCUT2D eigenvalue weighted by molar-refractivity contribution is -0.124. The molecule has 31 heavy (non-hydrogen) atoms. The van der Waals surface area contributed by atoms with Crippen molar-refractivity contribution < 1.29 is 9.53 Å². The Kier molecular flexibility index (Phi) is 5.43. The average molecular weight is 417 g/mol. The van der Waals surface area contributed by atoms with Gasteiger partial charge in [0.15, 0.2) is 0 Å². The van der Waals surface area contributed by atoms with E-state index in [4.69, 9.17) is 10.1 Å². The quantitative estimate of drug-likeness (QED) is 0.592. The number of hydrogen-bond donors (Lipinski definition) is 2. The molecule has 6 rings (SSSR count). The van der Waals surface area contributed by atoms with Crippen molar-refractivity contribution in [3.05, 3.63) is 65.7 Å². The van der Waals surface area contributed by atoms with Crippen LogP contribution in [0.1, 0.15) is 49.7 Å². The summed E-state index contributed by atoms with van der Waals surface area (Å²) < 4.78 is 5.04. The zero-order chi connectivity index (χ0) is 21.4. The highest BCUT2D eigenvalue weighted by Gasteiger charge is 2.58. The van der Waals surface area contributed by atoms with E-state index in [0.29, 0.717) is 24.0 Å². The van der Waals surface area contributed by atoms with Gasteiger partial charge in [-0.3, -0.25) is 4.79 Å². The molecule has 4 aliphatic rings. The Morgan fingerprint density at radius 2 is 1.58 bits per heavy atom. The lowest BCUT2D eigenvalue weighted by Gasteiger charge is -2.61. The number of carbonyl (C=O) groups excluding carboxylic acids is 1. The Hall–Kier alpha value is -2.46. The fraction of sp³-hybridized carbons (Fsp3) is 0.481. The molecule has 4 heteroatoms. The van der Waals surface area contributed by atoms with Crippen molar-refractivity contribution >= 4 is 17.3 Å². The van der Waals surface area contributed by atoms with E-state index in [2.05, 4.69) is 35.6 Å². The van der Waals surface area contributed by atoms with Crippen molar-refractivity contribution in [3.8, 4) is 0 Å². The number of carbonyl (C=O) groups is 1. The zero-order valence-electron chi connectivity index (χ0n) is 18.3. The summed E-state index contributed by atoms with van der Waals surface area (Å²) >= 11 is 0. The minimum Gasteiger partial charge on any atom is -0.378 e. The van der Waals surface area contributed by atoms with Gasteiger partial charge in [-0.1, -0.05) is 42.5 Å². The van der Waals surface area contributed by atoms with Gasteiger partial charge in [0.2, 0.25) is 5.91 Å². The van der Waals surface area contributed by atoms with Crippen LogP contribution in [0.3, 0.4) is 0 Å². The van der Waals surface area contributed by atoms with Crippen LogP contribution in [0.15, 0.2) is 54.6 Å². The first-order chi connectivity index (χ1) is 15.1. The number of nitrogens with one attached hydrogen (secondary N) is 2. The van der Waals surface area contributed by atoms with E-state index in [1.54, 1.807) is 7.11 Å². The number of hydrogen-bond acceptors (Lipinski definition) is 3. The van der Waals surface area contributed by atoms with Gasteiger partial charge in [0.05, 0.1) is 12.3 Å². The summed E-state index contributed by atoms with van der Waals surface area (Å²) in [6.45, 7) is 0.288. The maximum Gasteiger partial charge on any atom is 0.225 e.